The van der Waals surface area contributed by atoms with Crippen LogP contribution < -0.4 is 10.0 Å². The molecular formula is C15H22N2O5S. The lowest BCUT2D eigenvalue weighted by atomic mass is 10.0. The number of carbonyl (C=O) groups is 2. The molecule has 0 aliphatic heterocycles. The summed E-state index contributed by atoms with van der Waals surface area (Å²) in [5.74, 6) is -1.62. The number of hydrogen-bond acceptors (Lipinski definition) is 4. The first kappa shape index (κ1) is 19.1. The fourth-order valence-electron chi connectivity index (χ4n) is 1.97. The summed E-state index contributed by atoms with van der Waals surface area (Å²) in [5.41, 5.74) is 0.798. The maximum Gasteiger partial charge on any atom is 0.326 e. The molecule has 0 heterocycles. The van der Waals surface area contributed by atoms with Gasteiger partial charge in [-0.2, -0.15) is 0 Å². The van der Waals surface area contributed by atoms with Crippen molar-refractivity contribution < 1.29 is 23.1 Å². The van der Waals surface area contributed by atoms with Crippen LogP contribution in [-0.4, -0.2) is 38.5 Å². The minimum absolute atomic E-state index is 0.134. The smallest absolute Gasteiger partial charge is 0.326 e. The van der Waals surface area contributed by atoms with E-state index in [1.165, 1.54) is 19.2 Å². The fourth-order valence-corrected chi connectivity index (χ4v) is 2.70. The second-order valence-corrected chi connectivity index (χ2v) is 7.37. The number of nitrogens with one attached hydrogen (secondary N) is 2. The molecule has 128 valence electrons. The van der Waals surface area contributed by atoms with Crippen LogP contribution in [0.3, 0.4) is 0 Å². The molecule has 0 aliphatic carbocycles. The number of carbonyl (C=O) groups excluding carboxylic acids is 1. The van der Waals surface area contributed by atoms with Crippen molar-refractivity contribution in [1.82, 2.24) is 10.0 Å². The Labute approximate surface area is 136 Å². The first-order valence-electron chi connectivity index (χ1n) is 7.22. The van der Waals surface area contributed by atoms with E-state index in [1.54, 1.807) is 26.0 Å². The summed E-state index contributed by atoms with van der Waals surface area (Å²) in [6.45, 7) is 3.44. The third kappa shape index (κ3) is 5.65. The summed E-state index contributed by atoms with van der Waals surface area (Å²) in [5, 5.41) is 11.5. The lowest BCUT2D eigenvalue weighted by molar-refractivity contribution is -0.143. The Bertz CT molecular complexity index is 653. The van der Waals surface area contributed by atoms with E-state index in [0.717, 1.165) is 5.56 Å². The molecule has 0 radical (unpaired) electrons. The van der Waals surface area contributed by atoms with Crippen molar-refractivity contribution in [3.05, 3.63) is 29.8 Å². The first-order chi connectivity index (χ1) is 10.7. The van der Waals surface area contributed by atoms with Gasteiger partial charge in [0.25, 0.3) is 0 Å². The molecule has 1 amide bonds. The second-order valence-electron chi connectivity index (χ2n) is 5.48. The Hall–Kier alpha value is -1.93. The zero-order valence-corrected chi connectivity index (χ0v) is 14.2. The van der Waals surface area contributed by atoms with E-state index in [9.17, 15) is 18.0 Å². The van der Waals surface area contributed by atoms with Crippen LogP contribution in [0.2, 0.25) is 0 Å². The summed E-state index contributed by atoms with van der Waals surface area (Å²) in [7, 11) is -2.14. The molecule has 23 heavy (non-hydrogen) atoms. The monoisotopic (exact) mass is 342 g/mol. The number of aliphatic carboxylic acids is 1. The van der Waals surface area contributed by atoms with Gasteiger partial charge in [-0.25, -0.2) is 17.9 Å². The molecule has 0 aromatic heterocycles. The van der Waals surface area contributed by atoms with Crippen molar-refractivity contribution in [2.24, 2.45) is 5.92 Å². The van der Waals surface area contributed by atoms with Gasteiger partial charge in [-0.05, 0) is 37.1 Å². The van der Waals surface area contributed by atoms with Crippen LogP contribution in [0.25, 0.3) is 0 Å². The van der Waals surface area contributed by atoms with Gasteiger partial charge in [0.15, 0.2) is 0 Å². The van der Waals surface area contributed by atoms with Gasteiger partial charge in [-0.1, -0.05) is 26.0 Å². The van der Waals surface area contributed by atoms with E-state index >= 15 is 0 Å². The average molecular weight is 342 g/mol. The molecule has 0 spiro atoms. The molecule has 0 aliphatic rings. The predicted molar refractivity (Wildman–Crippen MR) is 85.4 cm³/mol. The third-order valence-corrected chi connectivity index (χ3v) is 4.82. The molecule has 1 aromatic rings. The number of sulfonamides is 1. The summed E-state index contributed by atoms with van der Waals surface area (Å²) < 4.78 is 25.4. The van der Waals surface area contributed by atoms with E-state index in [4.69, 9.17) is 5.11 Å². The van der Waals surface area contributed by atoms with Crippen LogP contribution in [0.4, 0.5) is 0 Å². The number of carboxylic acids is 1. The van der Waals surface area contributed by atoms with Crippen molar-refractivity contribution >= 4 is 21.9 Å². The number of carboxylic acid groups (broad SMARTS) is 1. The van der Waals surface area contributed by atoms with Crippen LogP contribution in [0.1, 0.15) is 25.8 Å². The molecule has 1 atom stereocenters. The Morgan fingerprint density at radius 1 is 1.17 bits per heavy atom. The lowest BCUT2D eigenvalue weighted by Crippen LogP contribution is -2.44. The summed E-state index contributed by atoms with van der Waals surface area (Å²) in [6, 6.07) is 5.29. The van der Waals surface area contributed by atoms with Crippen LogP contribution in [0, 0.1) is 5.92 Å². The van der Waals surface area contributed by atoms with E-state index in [-0.39, 0.29) is 23.1 Å². The topological polar surface area (TPSA) is 113 Å². The molecule has 0 saturated carbocycles. The number of hydrogen-bond donors (Lipinski definition) is 3. The van der Waals surface area contributed by atoms with Gasteiger partial charge in [-0.3, -0.25) is 4.79 Å². The Morgan fingerprint density at radius 3 is 2.17 bits per heavy atom. The SMILES string of the molecule is CNS(=O)(=O)c1ccc(CCC(=O)NC(C(=O)O)C(C)C)cc1. The molecule has 0 saturated heterocycles. The minimum Gasteiger partial charge on any atom is -0.480 e. The maximum atomic E-state index is 11.8. The zero-order chi connectivity index (χ0) is 17.6. The molecule has 1 unspecified atom stereocenters. The lowest BCUT2D eigenvalue weighted by Gasteiger charge is -2.17. The van der Waals surface area contributed by atoms with Gasteiger partial charge in [0.2, 0.25) is 15.9 Å². The standard InChI is InChI=1S/C15H22N2O5S/c1-10(2)14(15(19)20)17-13(18)9-6-11-4-7-12(8-5-11)23(21,22)16-3/h4-5,7-8,10,14,16H,6,9H2,1-3H3,(H,17,18)(H,19,20). The van der Waals surface area contributed by atoms with E-state index < -0.39 is 22.0 Å². The minimum atomic E-state index is -3.48. The largest absolute Gasteiger partial charge is 0.480 e. The first-order valence-corrected chi connectivity index (χ1v) is 8.70. The summed E-state index contributed by atoms with van der Waals surface area (Å²) >= 11 is 0. The highest BCUT2D eigenvalue weighted by Gasteiger charge is 2.23. The molecular weight excluding hydrogens is 320 g/mol. The van der Waals surface area contributed by atoms with Gasteiger partial charge in [0.1, 0.15) is 6.04 Å². The van der Waals surface area contributed by atoms with Crippen LogP contribution in [-0.2, 0) is 26.0 Å². The van der Waals surface area contributed by atoms with E-state index in [1.807, 2.05) is 0 Å². The van der Waals surface area contributed by atoms with E-state index in [2.05, 4.69) is 10.0 Å². The Morgan fingerprint density at radius 2 is 1.74 bits per heavy atom. The molecule has 7 nitrogen and oxygen atoms in total. The van der Waals surface area contributed by atoms with Crippen LogP contribution in [0.5, 0.6) is 0 Å². The van der Waals surface area contributed by atoms with Crippen molar-refractivity contribution in [1.29, 1.82) is 0 Å². The van der Waals surface area contributed by atoms with Gasteiger partial charge in [0, 0.05) is 6.42 Å². The molecule has 8 heteroatoms. The van der Waals surface area contributed by atoms with Gasteiger partial charge in [0.05, 0.1) is 4.90 Å². The van der Waals surface area contributed by atoms with Gasteiger partial charge >= 0.3 is 5.97 Å². The predicted octanol–water partition coefficient (Wildman–Crippen LogP) is 0.753. The Kier molecular flexibility index (Phi) is 6.71. The van der Waals surface area contributed by atoms with Crippen molar-refractivity contribution in [3.63, 3.8) is 0 Å². The summed E-state index contributed by atoms with van der Waals surface area (Å²) in [6.07, 6.45) is 0.533. The number of benzene rings is 1. The number of aryl methyl sites for hydroxylation is 1. The van der Waals surface area contributed by atoms with E-state index in [0.29, 0.717) is 6.42 Å². The quantitative estimate of drug-likeness (QED) is 0.645. The fraction of sp³-hybridized carbons (Fsp3) is 0.467. The maximum absolute atomic E-state index is 11.8. The molecule has 3 N–H and O–H groups in total. The van der Waals surface area contributed by atoms with Crippen molar-refractivity contribution in [2.75, 3.05) is 7.05 Å². The van der Waals surface area contributed by atoms with Crippen LogP contribution >= 0.6 is 0 Å². The summed E-state index contributed by atoms with van der Waals surface area (Å²) in [4.78, 5) is 23.0. The molecule has 0 fully saturated rings. The van der Waals surface area contributed by atoms with Gasteiger partial charge < -0.3 is 10.4 Å². The van der Waals surface area contributed by atoms with Crippen LogP contribution in [0.15, 0.2) is 29.2 Å². The zero-order valence-electron chi connectivity index (χ0n) is 13.4. The molecule has 1 aromatic carbocycles. The molecule has 0 bridgehead atoms. The van der Waals surface area contributed by atoms with Crippen molar-refractivity contribution in [2.45, 2.75) is 37.6 Å². The highest BCUT2D eigenvalue weighted by atomic mass is 32.2. The highest BCUT2D eigenvalue weighted by Crippen LogP contribution is 2.11. The number of rotatable bonds is 8. The van der Waals surface area contributed by atoms with Gasteiger partial charge in [-0.15, -0.1) is 0 Å². The number of amides is 1. The third-order valence-electron chi connectivity index (χ3n) is 3.39. The van der Waals surface area contributed by atoms with Crippen molar-refractivity contribution in [3.8, 4) is 0 Å². The Balaban J connectivity index is 2.62. The molecule has 1 rings (SSSR count). The highest BCUT2D eigenvalue weighted by molar-refractivity contribution is 7.89. The normalized spacial score (nSPS) is 12.9. The average Bonchev–Trinajstić information content (AvgIpc) is 2.50. The second kappa shape index (κ2) is 8.07.